The number of hydrogen-bond donors (Lipinski definition) is 1. The van der Waals surface area contributed by atoms with Gasteiger partial charge in [0.1, 0.15) is 23.3 Å². The van der Waals surface area contributed by atoms with Crippen LogP contribution in [-0.4, -0.2) is 58.4 Å². The van der Waals surface area contributed by atoms with Gasteiger partial charge in [-0.1, -0.05) is 11.3 Å². The van der Waals surface area contributed by atoms with Crippen molar-refractivity contribution in [3.05, 3.63) is 5.01 Å². The van der Waals surface area contributed by atoms with E-state index in [1.807, 2.05) is 6.92 Å². The fourth-order valence-corrected chi connectivity index (χ4v) is 3.94. The first-order valence-corrected chi connectivity index (χ1v) is 8.93. The molecule has 4 heterocycles. The SMILES string of the molecule is Cc1nnc(NC(=O)[C@@H]2O[C@@H]3OC(C)(C)O[C@@H]3[C@H]3OC(C)(C)O[C@H]32)s1. The molecule has 1 N–H and O–H groups in total. The number of nitrogens with one attached hydrogen (secondary N) is 1. The maximum absolute atomic E-state index is 12.8. The molecule has 0 aliphatic carbocycles. The standard InChI is InChI=1S/C15H21N3O6S/c1-6-17-18-13(25-6)16-11(19)9-7-8(22-14(2,3)21-7)10-12(20-9)24-15(4,5)23-10/h7-10,12H,1-5H3,(H,16,18,19)/t7-,8+,9-,10-,12-/m1/s1. The lowest BCUT2D eigenvalue weighted by Gasteiger charge is -2.36. The summed E-state index contributed by atoms with van der Waals surface area (Å²) in [4.78, 5) is 12.8. The highest BCUT2D eigenvalue weighted by molar-refractivity contribution is 7.15. The van der Waals surface area contributed by atoms with Crippen molar-refractivity contribution in [3.63, 3.8) is 0 Å². The Kier molecular flexibility index (Phi) is 3.91. The van der Waals surface area contributed by atoms with Crippen molar-refractivity contribution in [1.29, 1.82) is 0 Å². The summed E-state index contributed by atoms with van der Waals surface area (Å²) < 4.78 is 29.5. The average molecular weight is 371 g/mol. The Morgan fingerprint density at radius 1 is 1.00 bits per heavy atom. The number of aryl methyl sites for hydroxylation is 1. The molecule has 3 aliphatic rings. The van der Waals surface area contributed by atoms with Crippen molar-refractivity contribution >= 4 is 22.4 Å². The van der Waals surface area contributed by atoms with Gasteiger partial charge < -0.3 is 23.7 Å². The summed E-state index contributed by atoms with van der Waals surface area (Å²) in [5.41, 5.74) is 0. The van der Waals surface area contributed by atoms with Crippen LogP contribution in [0.4, 0.5) is 5.13 Å². The molecule has 0 spiro atoms. The number of hydrogen-bond acceptors (Lipinski definition) is 9. The van der Waals surface area contributed by atoms with Crippen molar-refractivity contribution in [2.45, 2.75) is 76.9 Å². The van der Waals surface area contributed by atoms with E-state index < -0.39 is 42.3 Å². The zero-order valence-corrected chi connectivity index (χ0v) is 15.5. The maximum atomic E-state index is 12.8. The van der Waals surface area contributed by atoms with E-state index in [0.717, 1.165) is 5.01 Å². The molecule has 3 fully saturated rings. The zero-order valence-electron chi connectivity index (χ0n) is 14.6. The van der Waals surface area contributed by atoms with Crippen LogP contribution in [0.3, 0.4) is 0 Å². The molecular weight excluding hydrogens is 350 g/mol. The van der Waals surface area contributed by atoms with Crippen LogP contribution < -0.4 is 5.32 Å². The van der Waals surface area contributed by atoms with E-state index in [2.05, 4.69) is 15.5 Å². The molecule has 1 amide bonds. The number of fused-ring (bicyclic) bond motifs is 3. The molecule has 5 atom stereocenters. The van der Waals surface area contributed by atoms with Crippen LogP contribution in [0.5, 0.6) is 0 Å². The minimum atomic E-state index is -0.908. The highest BCUT2D eigenvalue weighted by atomic mass is 32.1. The summed E-state index contributed by atoms with van der Waals surface area (Å²) >= 11 is 1.29. The smallest absolute Gasteiger partial charge is 0.258 e. The number of amides is 1. The molecule has 1 aromatic rings. The zero-order chi connectivity index (χ0) is 18.0. The van der Waals surface area contributed by atoms with Crippen LogP contribution in [0.1, 0.15) is 32.7 Å². The normalized spacial score (nSPS) is 38.2. The molecule has 0 aromatic carbocycles. The van der Waals surface area contributed by atoms with Crippen molar-refractivity contribution < 1.29 is 28.5 Å². The first kappa shape index (κ1) is 17.3. The maximum Gasteiger partial charge on any atom is 0.258 e. The molecule has 138 valence electrons. The molecule has 3 aliphatic heterocycles. The van der Waals surface area contributed by atoms with Gasteiger partial charge in [-0.15, -0.1) is 10.2 Å². The minimum Gasteiger partial charge on any atom is -0.342 e. The van der Waals surface area contributed by atoms with Crippen LogP contribution in [0, 0.1) is 6.92 Å². The minimum absolute atomic E-state index is 0.376. The first-order valence-electron chi connectivity index (χ1n) is 8.11. The molecule has 0 unspecified atom stereocenters. The second-order valence-corrected chi connectivity index (χ2v) is 8.39. The van der Waals surface area contributed by atoms with Gasteiger partial charge >= 0.3 is 0 Å². The topological polar surface area (TPSA) is 101 Å². The Morgan fingerprint density at radius 2 is 1.64 bits per heavy atom. The predicted molar refractivity (Wildman–Crippen MR) is 85.8 cm³/mol. The second kappa shape index (κ2) is 5.66. The third kappa shape index (κ3) is 3.18. The van der Waals surface area contributed by atoms with Gasteiger partial charge in [0, 0.05) is 0 Å². The fraction of sp³-hybridized carbons (Fsp3) is 0.800. The number of anilines is 1. The summed E-state index contributed by atoms with van der Waals surface area (Å²) in [5, 5.41) is 11.7. The number of ether oxygens (including phenoxy) is 5. The highest BCUT2D eigenvalue weighted by Crippen LogP contribution is 2.44. The summed E-state index contributed by atoms with van der Waals surface area (Å²) in [7, 11) is 0. The number of rotatable bonds is 2. The molecule has 10 heteroatoms. The molecule has 0 bridgehead atoms. The van der Waals surface area contributed by atoms with Crippen molar-refractivity contribution in [2.24, 2.45) is 0 Å². The molecule has 3 saturated heterocycles. The van der Waals surface area contributed by atoms with Gasteiger partial charge in [0.05, 0.1) is 0 Å². The van der Waals surface area contributed by atoms with E-state index in [9.17, 15) is 4.79 Å². The van der Waals surface area contributed by atoms with Gasteiger partial charge in [-0.2, -0.15) is 0 Å². The van der Waals surface area contributed by atoms with E-state index >= 15 is 0 Å². The third-order valence-corrected chi connectivity index (χ3v) is 4.92. The Labute approximate surface area is 148 Å². The highest BCUT2D eigenvalue weighted by Gasteiger charge is 2.62. The van der Waals surface area contributed by atoms with Crippen LogP contribution >= 0.6 is 11.3 Å². The van der Waals surface area contributed by atoms with Gasteiger partial charge in [0.2, 0.25) is 5.13 Å². The number of carbonyl (C=O) groups excluding carboxylic acids is 1. The summed E-state index contributed by atoms with van der Waals surface area (Å²) in [6.45, 7) is 9.00. The Hall–Kier alpha value is -1.17. The molecule has 25 heavy (non-hydrogen) atoms. The lowest BCUT2D eigenvalue weighted by atomic mass is 9.98. The molecular formula is C15H21N3O6S. The largest absolute Gasteiger partial charge is 0.342 e. The van der Waals surface area contributed by atoms with Crippen LogP contribution in [0.25, 0.3) is 0 Å². The first-order chi connectivity index (χ1) is 11.6. The molecule has 4 rings (SSSR count). The number of nitrogens with zero attached hydrogens (tertiary/aromatic N) is 2. The van der Waals surface area contributed by atoms with E-state index in [4.69, 9.17) is 23.7 Å². The van der Waals surface area contributed by atoms with Gasteiger partial charge in [-0.05, 0) is 34.6 Å². The molecule has 9 nitrogen and oxygen atoms in total. The Morgan fingerprint density at radius 3 is 2.32 bits per heavy atom. The molecule has 0 saturated carbocycles. The van der Waals surface area contributed by atoms with Gasteiger partial charge in [0.25, 0.3) is 5.91 Å². The van der Waals surface area contributed by atoms with Gasteiger partial charge in [-0.3, -0.25) is 10.1 Å². The predicted octanol–water partition coefficient (Wildman–Crippen LogP) is 1.18. The lowest BCUT2D eigenvalue weighted by Crippen LogP contribution is -2.58. The average Bonchev–Trinajstić information content (AvgIpc) is 3.11. The molecule has 1 aromatic heterocycles. The van der Waals surface area contributed by atoms with Gasteiger partial charge in [-0.25, -0.2) is 0 Å². The molecule has 0 radical (unpaired) electrons. The van der Waals surface area contributed by atoms with Crippen molar-refractivity contribution in [3.8, 4) is 0 Å². The monoisotopic (exact) mass is 371 g/mol. The van der Waals surface area contributed by atoms with Crippen LogP contribution in [0.2, 0.25) is 0 Å². The Bertz CT molecular complexity index is 693. The van der Waals surface area contributed by atoms with Crippen LogP contribution in [-0.2, 0) is 28.5 Å². The van der Waals surface area contributed by atoms with Crippen molar-refractivity contribution in [2.75, 3.05) is 5.32 Å². The number of carbonyl (C=O) groups is 1. The van der Waals surface area contributed by atoms with Crippen LogP contribution in [0.15, 0.2) is 0 Å². The Balaban J connectivity index is 1.58. The van der Waals surface area contributed by atoms with E-state index in [1.54, 1.807) is 27.7 Å². The van der Waals surface area contributed by atoms with E-state index in [-0.39, 0.29) is 5.91 Å². The summed E-state index contributed by atoms with van der Waals surface area (Å²) in [6.07, 6.45) is -3.16. The van der Waals surface area contributed by atoms with Gasteiger partial charge in [0.15, 0.2) is 24.0 Å². The summed E-state index contributed by atoms with van der Waals surface area (Å²) in [6, 6.07) is 0. The van der Waals surface area contributed by atoms with E-state index in [0.29, 0.717) is 5.13 Å². The quantitative estimate of drug-likeness (QED) is 0.827. The van der Waals surface area contributed by atoms with Crippen molar-refractivity contribution in [1.82, 2.24) is 10.2 Å². The third-order valence-electron chi connectivity index (χ3n) is 4.17. The second-order valence-electron chi connectivity index (χ2n) is 7.21. The number of aromatic nitrogens is 2. The lowest BCUT2D eigenvalue weighted by molar-refractivity contribution is -0.229. The van der Waals surface area contributed by atoms with E-state index in [1.165, 1.54) is 11.3 Å². The fourth-order valence-electron chi connectivity index (χ4n) is 3.35. The summed E-state index contributed by atoms with van der Waals surface area (Å²) in [5.74, 6) is -2.04.